The maximum atomic E-state index is 12.5. The van der Waals surface area contributed by atoms with Gasteiger partial charge >= 0.3 is 6.18 Å². The number of carbonyl (C=O) groups excluding carboxylic acids is 1. The van der Waals surface area contributed by atoms with Crippen LogP contribution in [-0.2, 0) is 6.18 Å². The second kappa shape index (κ2) is 6.23. The number of ketones is 1. The van der Waals surface area contributed by atoms with Gasteiger partial charge in [0.15, 0.2) is 5.76 Å². The third kappa shape index (κ3) is 3.89. The van der Waals surface area contributed by atoms with Gasteiger partial charge in [0.1, 0.15) is 5.75 Å². The van der Waals surface area contributed by atoms with Gasteiger partial charge in [-0.25, -0.2) is 0 Å². The Morgan fingerprint density at radius 1 is 1.00 bits per heavy atom. The Morgan fingerprint density at radius 2 is 1.55 bits per heavy atom. The normalized spacial score (nSPS) is 11.1. The van der Waals surface area contributed by atoms with Crippen LogP contribution >= 0.6 is 11.6 Å². The van der Waals surface area contributed by atoms with E-state index in [0.29, 0.717) is 10.8 Å². The van der Waals surface area contributed by atoms with Crippen LogP contribution in [0, 0.1) is 0 Å². The fourth-order valence-electron chi connectivity index (χ4n) is 1.66. The van der Waals surface area contributed by atoms with E-state index in [2.05, 4.69) is 6.58 Å². The van der Waals surface area contributed by atoms with Crippen molar-refractivity contribution in [3.05, 3.63) is 77.0 Å². The van der Waals surface area contributed by atoms with Crippen LogP contribution < -0.4 is 4.74 Å². The van der Waals surface area contributed by atoms with Gasteiger partial charge in [-0.3, -0.25) is 4.79 Å². The molecule has 0 heterocycles. The van der Waals surface area contributed by atoms with Crippen molar-refractivity contribution < 1.29 is 22.7 Å². The number of hydrogen-bond donors (Lipinski definition) is 0. The Kier molecular flexibility index (Phi) is 4.56. The summed E-state index contributed by atoms with van der Waals surface area (Å²) in [6, 6.07) is 10.1. The van der Waals surface area contributed by atoms with Gasteiger partial charge in [0.25, 0.3) is 0 Å². The van der Waals surface area contributed by atoms with Gasteiger partial charge in [-0.05, 0) is 36.4 Å². The van der Waals surface area contributed by atoms with Crippen LogP contribution in [0.5, 0.6) is 5.75 Å². The van der Waals surface area contributed by atoms with E-state index in [1.807, 2.05) is 0 Å². The third-order valence-electron chi connectivity index (χ3n) is 2.78. The summed E-state index contributed by atoms with van der Waals surface area (Å²) in [7, 11) is 0. The lowest BCUT2D eigenvalue weighted by atomic mass is 10.1. The van der Waals surface area contributed by atoms with Gasteiger partial charge in [-0.15, -0.1) is 0 Å². The SMILES string of the molecule is C=C(Oc1ccc(Cl)cc1)C(=O)c1ccc(C(F)(F)F)cc1. The van der Waals surface area contributed by atoms with Gasteiger partial charge in [0.2, 0.25) is 5.78 Å². The minimum atomic E-state index is -4.45. The Bertz CT molecular complexity index is 689. The molecule has 114 valence electrons. The standard InChI is InChI=1S/C16H10ClF3O2/c1-10(22-14-8-6-13(17)7-9-14)15(21)11-2-4-12(5-3-11)16(18,19)20/h2-9H,1H2. The fourth-order valence-corrected chi connectivity index (χ4v) is 1.79. The third-order valence-corrected chi connectivity index (χ3v) is 3.03. The molecule has 2 nitrogen and oxygen atoms in total. The van der Waals surface area contributed by atoms with E-state index < -0.39 is 17.5 Å². The first-order valence-electron chi connectivity index (χ1n) is 6.11. The Balaban J connectivity index is 2.10. The van der Waals surface area contributed by atoms with Crippen molar-refractivity contribution in [3.8, 4) is 5.75 Å². The molecular formula is C16H10ClF3O2. The molecule has 0 unspecified atom stereocenters. The van der Waals surface area contributed by atoms with Gasteiger partial charge in [0, 0.05) is 10.6 Å². The molecule has 22 heavy (non-hydrogen) atoms. The van der Waals surface area contributed by atoms with Gasteiger partial charge in [-0.1, -0.05) is 30.3 Å². The van der Waals surface area contributed by atoms with Crippen LogP contribution in [0.25, 0.3) is 0 Å². The number of carbonyl (C=O) groups is 1. The minimum Gasteiger partial charge on any atom is -0.454 e. The average molecular weight is 327 g/mol. The zero-order chi connectivity index (χ0) is 16.3. The first kappa shape index (κ1) is 16.1. The lowest BCUT2D eigenvalue weighted by molar-refractivity contribution is -0.137. The van der Waals surface area contributed by atoms with E-state index in [9.17, 15) is 18.0 Å². The maximum absolute atomic E-state index is 12.5. The monoisotopic (exact) mass is 326 g/mol. The molecule has 0 radical (unpaired) electrons. The molecule has 0 saturated heterocycles. The Morgan fingerprint density at radius 3 is 2.05 bits per heavy atom. The van der Waals surface area contributed by atoms with Crippen LogP contribution in [0.1, 0.15) is 15.9 Å². The second-order valence-corrected chi connectivity index (χ2v) is 4.82. The molecule has 0 aliphatic carbocycles. The van der Waals surface area contributed by atoms with E-state index >= 15 is 0 Å². The number of hydrogen-bond acceptors (Lipinski definition) is 2. The maximum Gasteiger partial charge on any atom is 0.416 e. The summed E-state index contributed by atoms with van der Waals surface area (Å²) in [6.45, 7) is 3.49. The average Bonchev–Trinajstić information content (AvgIpc) is 2.48. The molecule has 0 N–H and O–H groups in total. The van der Waals surface area contributed by atoms with Crippen molar-refractivity contribution in [2.24, 2.45) is 0 Å². The van der Waals surface area contributed by atoms with E-state index in [4.69, 9.17) is 16.3 Å². The number of benzene rings is 2. The highest BCUT2D eigenvalue weighted by atomic mass is 35.5. The smallest absolute Gasteiger partial charge is 0.416 e. The van der Waals surface area contributed by atoms with Gasteiger partial charge in [-0.2, -0.15) is 13.2 Å². The number of allylic oxidation sites excluding steroid dienone is 1. The first-order valence-corrected chi connectivity index (χ1v) is 6.49. The fraction of sp³-hybridized carbons (Fsp3) is 0.0625. The Hall–Kier alpha value is -2.27. The van der Waals surface area contributed by atoms with E-state index in [1.165, 1.54) is 0 Å². The van der Waals surface area contributed by atoms with Crippen molar-refractivity contribution >= 4 is 17.4 Å². The zero-order valence-corrected chi connectivity index (χ0v) is 11.9. The lowest BCUT2D eigenvalue weighted by Crippen LogP contribution is -2.10. The topological polar surface area (TPSA) is 26.3 Å². The van der Waals surface area contributed by atoms with E-state index in [-0.39, 0.29) is 11.3 Å². The quantitative estimate of drug-likeness (QED) is 0.442. The molecule has 0 aliphatic rings. The molecular weight excluding hydrogens is 317 g/mol. The van der Waals surface area contributed by atoms with Gasteiger partial charge in [0.05, 0.1) is 5.56 Å². The molecule has 0 bridgehead atoms. The molecule has 0 atom stereocenters. The molecule has 0 spiro atoms. The highest BCUT2D eigenvalue weighted by Gasteiger charge is 2.30. The minimum absolute atomic E-state index is 0.0620. The van der Waals surface area contributed by atoms with E-state index in [0.717, 1.165) is 24.3 Å². The summed E-state index contributed by atoms with van der Waals surface area (Å²) >= 11 is 5.72. The lowest BCUT2D eigenvalue weighted by Gasteiger charge is -2.09. The van der Waals surface area contributed by atoms with Gasteiger partial charge < -0.3 is 4.74 Å². The number of rotatable bonds is 4. The van der Waals surface area contributed by atoms with Crippen molar-refractivity contribution in [3.63, 3.8) is 0 Å². The summed E-state index contributed by atoms with van der Waals surface area (Å²) in [5.41, 5.74) is -0.764. The summed E-state index contributed by atoms with van der Waals surface area (Å²) in [4.78, 5) is 12.0. The van der Waals surface area contributed by atoms with Crippen LogP contribution in [0.15, 0.2) is 60.9 Å². The molecule has 0 aromatic heterocycles. The van der Waals surface area contributed by atoms with Crippen LogP contribution in [0.3, 0.4) is 0 Å². The zero-order valence-electron chi connectivity index (χ0n) is 11.2. The molecule has 2 aromatic carbocycles. The predicted octanol–water partition coefficient (Wildman–Crippen LogP) is 5.13. The van der Waals surface area contributed by atoms with Crippen LogP contribution in [0.4, 0.5) is 13.2 Å². The predicted molar refractivity (Wildman–Crippen MR) is 77.0 cm³/mol. The molecule has 2 aromatic rings. The molecule has 6 heteroatoms. The van der Waals surface area contributed by atoms with E-state index in [1.54, 1.807) is 24.3 Å². The molecule has 0 saturated carbocycles. The number of halogens is 4. The van der Waals surface area contributed by atoms with Crippen molar-refractivity contribution in [2.75, 3.05) is 0 Å². The Labute approximate surface area is 129 Å². The van der Waals surface area contributed by atoms with Crippen LogP contribution in [-0.4, -0.2) is 5.78 Å². The summed E-state index contributed by atoms with van der Waals surface area (Å²) in [5, 5.41) is 0.507. The molecule has 0 amide bonds. The number of alkyl halides is 3. The highest BCUT2D eigenvalue weighted by molar-refractivity contribution is 6.30. The largest absolute Gasteiger partial charge is 0.454 e. The molecule has 0 fully saturated rings. The molecule has 0 aliphatic heterocycles. The summed E-state index contributed by atoms with van der Waals surface area (Å²) in [6.07, 6.45) is -4.45. The van der Waals surface area contributed by atoms with Crippen molar-refractivity contribution in [1.29, 1.82) is 0 Å². The van der Waals surface area contributed by atoms with Crippen LogP contribution in [0.2, 0.25) is 5.02 Å². The highest BCUT2D eigenvalue weighted by Crippen LogP contribution is 2.29. The summed E-state index contributed by atoms with van der Waals surface area (Å²) in [5.74, 6) is -0.430. The number of ether oxygens (including phenoxy) is 1. The summed E-state index contributed by atoms with van der Waals surface area (Å²) < 4.78 is 42.6. The van der Waals surface area contributed by atoms with Crippen molar-refractivity contribution in [2.45, 2.75) is 6.18 Å². The first-order chi connectivity index (χ1) is 10.3. The number of Topliss-reactive ketones (excluding diaryl/α,β-unsaturated/α-hetero) is 1. The van der Waals surface area contributed by atoms with Crippen molar-refractivity contribution in [1.82, 2.24) is 0 Å². The second-order valence-electron chi connectivity index (χ2n) is 4.38. The molecule has 2 rings (SSSR count).